The minimum absolute atomic E-state index is 0.369. The molecule has 3 atom stereocenters. The van der Waals surface area contributed by atoms with Crippen LogP contribution in [-0.4, -0.2) is 0 Å². The normalized spacial score (nSPS) is 25.6. The Bertz CT molecular complexity index is 652. The average molecular weight is 297 g/mol. The van der Waals surface area contributed by atoms with Gasteiger partial charge in [-0.25, -0.2) is 0 Å². The van der Waals surface area contributed by atoms with Crippen molar-refractivity contribution in [2.75, 3.05) is 5.73 Å². The molecule has 1 aliphatic carbocycles. The van der Waals surface area contributed by atoms with E-state index in [0.29, 0.717) is 10.7 Å². The molecular weight excluding hydrogens is 274 g/mol. The molecule has 0 spiro atoms. The van der Waals surface area contributed by atoms with Gasteiger partial charge in [0.15, 0.2) is 0 Å². The van der Waals surface area contributed by atoms with Crippen molar-refractivity contribution in [3.05, 3.63) is 59.7 Å². The van der Waals surface area contributed by atoms with Crippen molar-refractivity contribution in [1.82, 2.24) is 0 Å². The van der Waals surface area contributed by atoms with E-state index in [2.05, 4.69) is 57.2 Å². The predicted octanol–water partition coefficient (Wildman–Crippen LogP) is 5.42. The third kappa shape index (κ3) is 2.69. The van der Waals surface area contributed by atoms with Gasteiger partial charge in [-0.15, -0.1) is 11.8 Å². The van der Waals surface area contributed by atoms with Gasteiger partial charge in [0.2, 0.25) is 0 Å². The van der Waals surface area contributed by atoms with E-state index in [1.807, 2.05) is 23.9 Å². The average Bonchev–Trinajstić information content (AvgIpc) is 3.10. The van der Waals surface area contributed by atoms with Crippen LogP contribution in [0, 0.1) is 5.92 Å². The highest BCUT2D eigenvalue weighted by molar-refractivity contribution is 7.99. The number of thioether (sulfide) groups is 1. The Labute approximate surface area is 132 Å². The van der Waals surface area contributed by atoms with Gasteiger partial charge in [0, 0.05) is 15.8 Å². The van der Waals surface area contributed by atoms with Crippen molar-refractivity contribution in [1.29, 1.82) is 0 Å². The number of para-hydroxylation sites is 1. The van der Waals surface area contributed by atoms with Crippen molar-refractivity contribution < 1.29 is 0 Å². The summed E-state index contributed by atoms with van der Waals surface area (Å²) in [4.78, 5) is 1.17. The summed E-state index contributed by atoms with van der Waals surface area (Å²) in [5.41, 5.74) is 10.3. The van der Waals surface area contributed by atoms with E-state index in [4.69, 9.17) is 5.73 Å². The topological polar surface area (TPSA) is 26.0 Å². The molecule has 3 unspecified atom stereocenters. The van der Waals surface area contributed by atoms with Crippen LogP contribution < -0.4 is 5.73 Å². The van der Waals surface area contributed by atoms with Gasteiger partial charge < -0.3 is 5.73 Å². The highest BCUT2D eigenvalue weighted by atomic mass is 32.2. The van der Waals surface area contributed by atoms with Gasteiger partial charge >= 0.3 is 0 Å². The van der Waals surface area contributed by atoms with Crippen LogP contribution in [0.4, 0.5) is 5.69 Å². The standard InChI is InChI=1S/C19H23NS/c1-13-12-19(13,3)16-9-5-4-8-15(16)14(2)21-18-11-7-6-10-17(18)20/h4-11,13-14H,12,20H2,1-3H3. The number of hydrogen-bond acceptors (Lipinski definition) is 2. The number of benzene rings is 2. The van der Waals surface area contributed by atoms with E-state index < -0.39 is 0 Å². The lowest BCUT2D eigenvalue weighted by Crippen LogP contribution is -2.08. The van der Waals surface area contributed by atoms with E-state index in [1.54, 1.807) is 0 Å². The lowest BCUT2D eigenvalue weighted by atomic mass is 9.90. The van der Waals surface area contributed by atoms with Crippen LogP contribution in [0.2, 0.25) is 0 Å². The summed E-state index contributed by atoms with van der Waals surface area (Å²) in [7, 11) is 0. The Morgan fingerprint density at radius 3 is 2.43 bits per heavy atom. The van der Waals surface area contributed by atoms with Crippen molar-refractivity contribution in [2.45, 2.75) is 42.8 Å². The van der Waals surface area contributed by atoms with E-state index in [1.165, 1.54) is 22.4 Å². The van der Waals surface area contributed by atoms with Crippen LogP contribution in [0.15, 0.2) is 53.4 Å². The molecule has 2 N–H and O–H groups in total. The molecule has 0 aromatic heterocycles. The minimum atomic E-state index is 0.369. The van der Waals surface area contributed by atoms with E-state index >= 15 is 0 Å². The maximum atomic E-state index is 6.08. The number of nitrogens with two attached hydrogens (primary N) is 1. The van der Waals surface area contributed by atoms with Crippen molar-refractivity contribution in [3.8, 4) is 0 Å². The first-order valence-electron chi connectivity index (χ1n) is 7.63. The molecule has 2 aromatic rings. The fourth-order valence-electron chi connectivity index (χ4n) is 3.17. The first-order chi connectivity index (χ1) is 10.0. The maximum Gasteiger partial charge on any atom is 0.0452 e. The van der Waals surface area contributed by atoms with Gasteiger partial charge in [0.25, 0.3) is 0 Å². The first kappa shape index (κ1) is 14.5. The second-order valence-electron chi connectivity index (χ2n) is 6.41. The SMILES string of the molecule is CC(Sc1ccccc1N)c1ccccc1C1(C)CC1C. The maximum absolute atomic E-state index is 6.08. The van der Waals surface area contributed by atoms with E-state index in [-0.39, 0.29) is 0 Å². The molecule has 2 aromatic carbocycles. The number of nitrogen functional groups attached to an aromatic ring is 1. The molecule has 110 valence electrons. The zero-order chi connectivity index (χ0) is 15.0. The van der Waals surface area contributed by atoms with Crippen LogP contribution in [-0.2, 0) is 5.41 Å². The number of hydrogen-bond donors (Lipinski definition) is 1. The van der Waals surface area contributed by atoms with E-state index in [9.17, 15) is 0 Å². The molecule has 1 nitrogen and oxygen atoms in total. The molecule has 0 heterocycles. The fourth-order valence-corrected chi connectivity index (χ4v) is 4.24. The molecular formula is C19H23NS. The molecule has 0 amide bonds. The molecule has 0 bridgehead atoms. The highest BCUT2D eigenvalue weighted by Crippen LogP contribution is 2.56. The predicted molar refractivity (Wildman–Crippen MR) is 92.7 cm³/mol. The Balaban J connectivity index is 1.89. The Morgan fingerprint density at radius 1 is 1.14 bits per heavy atom. The Kier molecular flexibility index (Phi) is 3.75. The summed E-state index contributed by atoms with van der Waals surface area (Å²) in [5, 5.41) is 0.413. The third-order valence-corrected chi connectivity index (χ3v) is 6.13. The van der Waals surface area contributed by atoms with Gasteiger partial charge in [0.1, 0.15) is 0 Å². The molecule has 0 saturated heterocycles. The molecule has 1 fully saturated rings. The van der Waals surface area contributed by atoms with Crippen molar-refractivity contribution >= 4 is 17.4 Å². The lowest BCUT2D eigenvalue weighted by molar-refractivity contribution is 0.691. The molecule has 2 heteroatoms. The van der Waals surface area contributed by atoms with E-state index in [0.717, 1.165) is 11.6 Å². The Hall–Kier alpha value is -1.41. The molecule has 1 saturated carbocycles. The third-order valence-electron chi connectivity index (χ3n) is 4.89. The summed E-state index contributed by atoms with van der Waals surface area (Å²) in [5.74, 6) is 0.789. The molecule has 3 rings (SSSR count). The number of anilines is 1. The van der Waals surface area contributed by atoms with Gasteiger partial charge in [-0.2, -0.15) is 0 Å². The van der Waals surface area contributed by atoms with Crippen LogP contribution in [0.5, 0.6) is 0 Å². The second-order valence-corrected chi connectivity index (χ2v) is 7.79. The van der Waals surface area contributed by atoms with Gasteiger partial charge in [-0.1, -0.05) is 50.2 Å². The van der Waals surface area contributed by atoms with Gasteiger partial charge in [-0.05, 0) is 47.9 Å². The Morgan fingerprint density at radius 2 is 1.76 bits per heavy atom. The monoisotopic (exact) mass is 297 g/mol. The largest absolute Gasteiger partial charge is 0.398 e. The van der Waals surface area contributed by atoms with Gasteiger partial charge in [0.05, 0.1) is 0 Å². The quantitative estimate of drug-likeness (QED) is 0.602. The highest BCUT2D eigenvalue weighted by Gasteiger charge is 2.49. The lowest BCUT2D eigenvalue weighted by Gasteiger charge is -2.21. The summed E-state index contributed by atoms with van der Waals surface area (Å²) in [6, 6.07) is 17.1. The molecule has 0 radical (unpaired) electrons. The molecule has 21 heavy (non-hydrogen) atoms. The zero-order valence-electron chi connectivity index (χ0n) is 13.0. The van der Waals surface area contributed by atoms with Gasteiger partial charge in [-0.3, -0.25) is 0 Å². The molecule has 0 aliphatic heterocycles. The van der Waals surface area contributed by atoms with Crippen LogP contribution in [0.25, 0.3) is 0 Å². The fraction of sp³-hybridized carbons (Fsp3) is 0.368. The minimum Gasteiger partial charge on any atom is -0.398 e. The van der Waals surface area contributed by atoms with Crippen molar-refractivity contribution in [2.24, 2.45) is 5.92 Å². The number of rotatable bonds is 4. The van der Waals surface area contributed by atoms with Crippen LogP contribution in [0.1, 0.15) is 43.6 Å². The summed E-state index contributed by atoms with van der Waals surface area (Å²) < 4.78 is 0. The van der Waals surface area contributed by atoms with Crippen LogP contribution in [0.3, 0.4) is 0 Å². The van der Waals surface area contributed by atoms with Crippen LogP contribution >= 0.6 is 11.8 Å². The first-order valence-corrected chi connectivity index (χ1v) is 8.51. The van der Waals surface area contributed by atoms with Crippen molar-refractivity contribution in [3.63, 3.8) is 0 Å². The summed E-state index contributed by atoms with van der Waals surface area (Å²) in [6.07, 6.45) is 1.30. The smallest absolute Gasteiger partial charge is 0.0452 e. The second kappa shape index (κ2) is 5.42. The zero-order valence-corrected chi connectivity index (χ0v) is 13.8. The summed E-state index contributed by atoms with van der Waals surface area (Å²) >= 11 is 1.86. The summed E-state index contributed by atoms with van der Waals surface area (Å²) in [6.45, 7) is 7.03. The molecule has 1 aliphatic rings.